The first kappa shape index (κ1) is 15.0. The van der Waals surface area contributed by atoms with E-state index in [0.29, 0.717) is 0 Å². The van der Waals surface area contributed by atoms with E-state index in [0.717, 1.165) is 18.2 Å². The van der Waals surface area contributed by atoms with Crippen molar-refractivity contribution < 1.29 is 31.8 Å². The van der Waals surface area contributed by atoms with Crippen molar-refractivity contribution in [1.29, 1.82) is 0 Å². The Morgan fingerprint density at radius 1 is 1.09 bits per heavy atom. The van der Waals surface area contributed by atoms with Crippen LogP contribution in [0.4, 0.5) is 23.2 Å². The van der Waals surface area contributed by atoms with Gasteiger partial charge < -0.3 is 9.94 Å². The molecule has 0 aromatic heterocycles. The third-order valence-corrected chi connectivity index (χ3v) is 3.20. The van der Waals surface area contributed by atoms with E-state index in [2.05, 4.69) is 4.74 Å². The van der Waals surface area contributed by atoms with Crippen molar-refractivity contribution in [2.75, 3.05) is 0 Å². The van der Waals surface area contributed by atoms with Crippen molar-refractivity contribution in [3.05, 3.63) is 64.6 Å². The molecule has 8 heteroatoms. The highest BCUT2D eigenvalue weighted by atomic mass is 19.4. The summed E-state index contributed by atoms with van der Waals surface area (Å²) in [5.74, 6) is -2.34. The van der Waals surface area contributed by atoms with Gasteiger partial charge in [-0.2, -0.15) is 4.74 Å². The van der Waals surface area contributed by atoms with Crippen LogP contribution in [0.1, 0.15) is 15.9 Å². The molecule has 0 unspecified atom stereocenters. The molecule has 0 amide bonds. The molecule has 3 rings (SSSR count). The lowest BCUT2D eigenvalue weighted by molar-refractivity contribution is -0.355. The number of Topliss-reactive ketones (excluding diaryl/α,β-unsaturated/α-hetero) is 1. The lowest BCUT2D eigenvalue weighted by Crippen LogP contribution is -2.19. The van der Waals surface area contributed by atoms with Crippen LogP contribution in [0.5, 0.6) is 5.75 Å². The molecule has 2 aromatic rings. The normalized spacial score (nSPS) is 14.2. The van der Waals surface area contributed by atoms with Crippen LogP contribution >= 0.6 is 0 Å². The minimum atomic E-state index is -4.91. The Labute approximate surface area is 126 Å². The van der Waals surface area contributed by atoms with E-state index in [1.165, 1.54) is 24.3 Å². The van der Waals surface area contributed by atoms with E-state index >= 15 is 0 Å². The Balaban J connectivity index is 2.07. The van der Waals surface area contributed by atoms with E-state index in [4.69, 9.17) is 0 Å². The van der Waals surface area contributed by atoms with Crippen molar-refractivity contribution >= 4 is 17.2 Å². The summed E-state index contributed by atoms with van der Waals surface area (Å²) in [5, 5.41) is 12.2. The number of hydrogen-bond acceptors (Lipinski definition) is 3. The average molecular weight is 325 g/mol. The van der Waals surface area contributed by atoms with E-state index in [-0.39, 0.29) is 16.0 Å². The first-order valence-electron chi connectivity index (χ1n) is 6.31. The first-order chi connectivity index (χ1) is 10.8. The van der Waals surface area contributed by atoms with Crippen LogP contribution in [0.3, 0.4) is 0 Å². The third kappa shape index (κ3) is 2.63. The second-order valence-corrected chi connectivity index (χ2v) is 4.68. The Hall–Kier alpha value is -2.90. The summed E-state index contributed by atoms with van der Waals surface area (Å²) in [7, 11) is 0. The van der Waals surface area contributed by atoms with Gasteiger partial charge in [-0.1, -0.05) is 12.1 Å². The maximum absolute atomic E-state index is 13.7. The number of hydrogen-bond donors (Lipinski definition) is 0. The summed E-state index contributed by atoms with van der Waals surface area (Å²) in [6, 6.07) is 7.94. The van der Waals surface area contributed by atoms with Crippen LogP contribution in [0, 0.1) is 11.0 Å². The Morgan fingerprint density at radius 3 is 2.43 bits per heavy atom. The molecule has 4 nitrogen and oxygen atoms in total. The van der Waals surface area contributed by atoms with Gasteiger partial charge in [0, 0.05) is 6.07 Å². The number of halogens is 4. The molecule has 0 atom stereocenters. The topological polar surface area (TPSA) is 52.4 Å². The standard InChI is InChI=1S/C15H7F4NO3/c16-10-5-2-6-11-12(10)14(21)13(20(11)22)8-3-1-4-9(7-8)23-15(17,18)19/h1-7H. The summed E-state index contributed by atoms with van der Waals surface area (Å²) in [6.07, 6.45) is -4.91. The van der Waals surface area contributed by atoms with Gasteiger partial charge in [0.05, 0.1) is 5.56 Å². The fraction of sp³-hybridized carbons (Fsp3) is 0.0667. The number of carbonyl (C=O) groups excluding carboxylic acids is 1. The zero-order valence-corrected chi connectivity index (χ0v) is 11.2. The molecule has 1 heterocycles. The number of rotatable bonds is 2. The average Bonchev–Trinajstić information content (AvgIpc) is 2.70. The molecule has 0 fully saturated rings. The van der Waals surface area contributed by atoms with Crippen LogP contribution in [0.25, 0.3) is 0 Å². The highest BCUT2D eigenvalue weighted by Gasteiger charge is 2.39. The van der Waals surface area contributed by atoms with Gasteiger partial charge in [-0.25, -0.2) is 4.39 Å². The Bertz CT molecular complexity index is 843. The summed E-state index contributed by atoms with van der Waals surface area (Å²) in [5.41, 5.74) is -1.15. The van der Waals surface area contributed by atoms with Crippen LogP contribution < -0.4 is 4.74 Å². The molecule has 0 N–H and O–H groups in total. The number of alkyl halides is 3. The molecular formula is C15H7F4NO3. The molecule has 0 spiro atoms. The monoisotopic (exact) mass is 325 g/mol. The minimum absolute atomic E-state index is 0.0950. The molecular weight excluding hydrogens is 318 g/mol. The van der Waals surface area contributed by atoms with Gasteiger partial charge in [-0.05, 0) is 24.3 Å². The first-order valence-corrected chi connectivity index (χ1v) is 6.31. The van der Waals surface area contributed by atoms with Gasteiger partial charge in [0.1, 0.15) is 17.1 Å². The molecule has 0 saturated carbocycles. The molecule has 0 bridgehead atoms. The van der Waals surface area contributed by atoms with Crippen LogP contribution in [0.15, 0.2) is 42.5 Å². The SMILES string of the molecule is O=C1C(c2cccc(OC(F)(F)F)c2)=[N+]([O-])c2cccc(F)c21. The zero-order chi connectivity index (χ0) is 16.8. The van der Waals surface area contributed by atoms with Crippen LogP contribution in [-0.2, 0) is 0 Å². The summed E-state index contributed by atoms with van der Waals surface area (Å²) in [6.45, 7) is 0. The molecule has 23 heavy (non-hydrogen) atoms. The molecule has 118 valence electrons. The van der Waals surface area contributed by atoms with Gasteiger partial charge in [-0.3, -0.25) is 4.79 Å². The largest absolute Gasteiger partial charge is 0.618 e. The van der Waals surface area contributed by atoms with Gasteiger partial charge >= 0.3 is 6.36 Å². The number of ketones is 1. The molecule has 0 aliphatic carbocycles. The summed E-state index contributed by atoms with van der Waals surface area (Å²) < 4.78 is 54.4. The van der Waals surface area contributed by atoms with Gasteiger partial charge in [0.15, 0.2) is 0 Å². The Kier molecular flexibility index (Phi) is 3.32. The van der Waals surface area contributed by atoms with E-state index in [1.807, 2.05) is 0 Å². The van der Waals surface area contributed by atoms with Crippen molar-refractivity contribution in [1.82, 2.24) is 0 Å². The van der Waals surface area contributed by atoms with Crippen LogP contribution in [-0.4, -0.2) is 22.6 Å². The second kappa shape index (κ2) is 5.08. The van der Waals surface area contributed by atoms with Crippen molar-refractivity contribution in [2.45, 2.75) is 6.36 Å². The molecule has 1 aliphatic heterocycles. The maximum Gasteiger partial charge on any atom is 0.573 e. The maximum atomic E-state index is 13.7. The number of nitrogens with zero attached hydrogens (tertiary/aromatic N) is 1. The fourth-order valence-corrected chi connectivity index (χ4v) is 2.33. The zero-order valence-electron chi connectivity index (χ0n) is 11.2. The Morgan fingerprint density at radius 2 is 1.78 bits per heavy atom. The lowest BCUT2D eigenvalue weighted by Gasteiger charge is -2.09. The summed E-state index contributed by atoms with van der Waals surface area (Å²) in [4.78, 5) is 12.2. The van der Waals surface area contributed by atoms with Gasteiger partial charge in [-0.15, -0.1) is 13.2 Å². The quantitative estimate of drug-likeness (QED) is 0.482. The summed E-state index contributed by atoms with van der Waals surface area (Å²) >= 11 is 0. The fourth-order valence-electron chi connectivity index (χ4n) is 2.33. The van der Waals surface area contributed by atoms with Crippen LogP contribution in [0.2, 0.25) is 0 Å². The number of benzene rings is 2. The van der Waals surface area contributed by atoms with E-state index in [9.17, 15) is 27.6 Å². The second-order valence-electron chi connectivity index (χ2n) is 4.68. The number of fused-ring (bicyclic) bond motifs is 1. The van der Waals surface area contributed by atoms with E-state index in [1.54, 1.807) is 0 Å². The van der Waals surface area contributed by atoms with Crippen molar-refractivity contribution in [2.24, 2.45) is 0 Å². The van der Waals surface area contributed by atoms with Gasteiger partial charge in [0.2, 0.25) is 5.69 Å². The third-order valence-electron chi connectivity index (χ3n) is 3.20. The molecule has 0 saturated heterocycles. The van der Waals surface area contributed by atoms with Gasteiger partial charge in [0.25, 0.3) is 11.5 Å². The number of carbonyl (C=O) groups is 1. The minimum Gasteiger partial charge on any atom is -0.618 e. The lowest BCUT2D eigenvalue weighted by atomic mass is 10.0. The predicted octanol–water partition coefficient (Wildman–Crippen LogP) is 3.55. The smallest absolute Gasteiger partial charge is 0.573 e. The highest BCUT2D eigenvalue weighted by molar-refractivity contribution is 6.52. The molecule has 2 aromatic carbocycles. The van der Waals surface area contributed by atoms with Crippen molar-refractivity contribution in [3.63, 3.8) is 0 Å². The van der Waals surface area contributed by atoms with Crippen molar-refractivity contribution in [3.8, 4) is 5.75 Å². The molecule has 1 aliphatic rings. The predicted molar refractivity (Wildman–Crippen MR) is 71.3 cm³/mol. The number of ether oxygens (including phenoxy) is 1. The highest BCUT2D eigenvalue weighted by Crippen LogP contribution is 2.31. The molecule has 0 radical (unpaired) electrons. The van der Waals surface area contributed by atoms with E-state index < -0.39 is 35.0 Å².